The molecule has 0 aliphatic heterocycles. The van der Waals surface area contributed by atoms with E-state index >= 15 is 0 Å². The van der Waals surface area contributed by atoms with E-state index in [9.17, 15) is 13.5 Å². The summed E-state index contributed by atoms with van der Waals surface area (Å²) in [7, 11) is -3.50. The van der Waals surface area contributed by atoms with Crippen LogP contribution in [-0.4, -0.2) is 50.7 Å². The van der Waals surface area contributed by atoms with E-state index in [2.05, 4.69) is 15.1 Å². The summed E-state index contributed by atoms with van der Waals surface area (Å²) in [5.41, 5.74) is 2.13. The molecule has 0 spiro atoms. The van der Waals surface area contributed by atoms with Gasteiger partial charge in [0.25, 0.3) is 0 Å². The highest BCUT2D eigenvalue weighted by molar-refractivity contribution is 7.90. The second-order valence-corrected chi connectivity index (χ2v) is 8.53. The minimum atomic E-state index is -3.50. The molecule has 0 unspecified atom stereocenters. The molecule has 1 aromatic carbocycles. The van der Waals surface area contributed by atoms with Gasteiger partial charge in [-0.3, -0.25) is 9.67 Å². The Morgan fingerprint density at radius 3 is 2.78 bits per heavy atom. The Labute approximate surface area is 160 Å². The zero-order valence-corrected chi connectivity index (χ0v) is 15.9. The predicted octanol–water partition coefficient (Wildman–Crippen LogP) is 1.88. The van der Waals surface area contributed by atoms with Crippen molar-refractivity contribution in [2.24, 2.45) is 0 Å². The fraction of sp³-hybridized carbons (Fsp3) is 0.235. The average Bonchev–Trinajstić information content (AvgIpc) is 3.14. The first kappa shape index (κ1) is 17.9. The normalized spacial score (nSPS) is 12.3. The number of aliphatic hydroxyl groups is 1. The number of pyridine rings is 1. The molecular formula is C17H16ClN5O3S. The van der Waals surface area contributed by atoms with Gasteiger partial charge in [-0.15, -0.1) is 0 Å². The molecule has 3 aromatic heterocycles. The highest BCUT2D eigenvalue weighted by Gasteiger charge is 2.20. The van der Waals surface area contributed by atoms with Crippen LogP contribution in [0.1, 0.15) is 5.82 Å². The van der Waals surface area contributed by atoms with Crippen LogP contribution in [0.4, 0.5) is 0 Å². The first-order valence-corrected chi connectivity index (χ1v) is 10.4. The maximum Gasteiger partial charge on any atom is 0.195 e. The van der Waals surface area contributed by atoms with Gasteiger partial charge in [-0.1, -0.05) is 11.6 Å². The molecule has 140 valence electrons. The van der Waals surface area contributed by atoms with E-state index in [1.54, 1.807) is 29.1 Å². The number of benzene rings is 1. The third kappa shape index (κ3) is 3.18. The second kappa shape index (κ2) is 6.59. The number of aromatic nitrogens is 5. The topological polar surface area (TPSA) is 103 Å². The van der Waals surface area contributed by atoms with Gasteiger partial charge in [-0.05, 0) is 24.3 Å². The molecule has 0 amide bonds. The van der Waals surface area contributed by atoms with Crippen molar-refractivity contribution in [1.29, 1.82) is 0 Å². The summed E-state index contributed by atoms with van der Waals surface area (Å²) in [6, 6.07) is 6.98. The standard InChI is InChI=1S/C17H16ClN5O3S/c1-27(25,26)17-12-4-5-19-9-15(12)23(21-17)10-16-20-13-8-11(18)2-3-14(13)22(16)6-7-24/h2-5,8-9,24H,6-7,10H2,1H3. The van der Waals surface area contributed by atoms with Crippen LogP contribution in [0.2, 0.25) is 5.02 Å². The van der Waals surface area contributed by atoms with E-state index in [4.69, 9.17) is 11.6 Å². The van der Waals surface area contributed by atoms with Crippen molar-refractivity contribution in [2.45, 2.75) is 18.1 Å². The summed E-state index contributed by atoms with van der Waals surface area (Å²) in [6.45, 7) is 0.519. The zero-order valence-electron chi connectivity index (χ0n) is 14.4. The highest BCUT2D eigenvalue weighted by atomic mass is 35.5. The molecule has 1 N–H and O–H groups in total. The van der Waals surface area contributed by atoms with Crippen molar-refractivity contribution in [2.75, 3.05) is 12.9 Å². The van der Waals surface area contributed by atoms with Crippen LogP contribution in [0.15, 0.2) is 41.7 Å². The molecule has 0 radical (unpaired) electrons. The van der Waals surface area contributed by atoms with Crippen LogP contribution >= 0.6 is 11.6 Å². The van der Waals surface area contributed by atoms with Gasteiger partial charge < -0.3 is 9.67 Å². The third-order valence-corrected chi connectivity index (χ3v) is 5.51. The molecule has 0 aliphatic rings. The Balaban J connectivity index is 1.89. The lowest BCUT2D eigenvalue weighted by molar-refractivity contribution is 0.275. The van der Waals surface area contributed by atoms with E-state index < -0.39 is 9.84 Å². The Hall–Kier alpha value is -2.49. The summed E-state index contributed by atoms with van der Waals surface area (Å²) >= 11 is 6.06. The van der Waals surface area contributed by atoms with Gasteiger partial charge in [0.1, 0.15) is 5.82 Å². The molecule has 3 heterocycles. The van der Waals surface area contributed by atoms with Crippen LogP contribution in [0, 0.1) is 0 Å². The smallest absolute Gasteiger partial charge is 0.195 e. The third-order valence-electron chi connectivity index (χ3n) is 4.28. The maximum absolute atomic E-state index is 12.1. The van der Waals surface area contributed by atoms with Gasteiger partial charge in [0.15, 0.2) is 14.9 Å². The molecular weight excluding hydrogens is 390 g/mol. The Bertz CT molecular complexity index is 1260. The second-order valence-electron chi connectivity index (χ2n) is 6.16. The number of nitrogens with zero attached hydrogens (tertiary/aromatic N) is 5. The minimum Gasteiger partial charge on any atom is -0.395 e. The SMILES string of the molecule is CS(=O)(=O)c1nn(Cc2nc3cc(Cl)ccc3n2CCO)c2cnccc12. The largest absolute Gasteiger partial charge is 0.395 e. The summed E-state index contributed by atoms with van der Waals surface area (Å²) in [6.07, 6.45) is 4.24. The summed E-state index contributed by atoms with van der Waals surface area (Å²) in [5.74, 6) is 0.634. The van der Waals surface area contributed by atoms with Gasteiger partial charge in [-0.25, -0.2) is 13.4 Å². The molecule has 0 fully saturated rings. The van der Waals surface area contributed by atoms with E-state index in [0.717, 1.165) is 11.8 Å². The molecule has 27 heavy (non-hydrogen) atoms. The fourth-order valence-corrected chi connectivity index (χ4v) is 4.13. The van der Waals surface area contributed by atoms with E-state index in [1.807, 2.05) is 10.6 Å². The zero-order chi connectivity index (χ0) is 19.2. The molecule has 0 saturated carbocycles. The van der Waals surface area contributed by atoms with Crippen LogP contribution in [0.5, 0.6) is 0 Å². The summed E-state index contributed by atoms with van der Waals surface area (Å²) in [4.78, 5) is 8.69. The quantitative estimate of drug-likeness (QED) is 0.543. The number of imidazole rings is 1. The Kier molecular flexibility index (Phi) is 4.37. The van der Waals surface area contributed by atoms with Gasteiger partial charge >= 0.3 is 0 Å². The van der Waals surface area contributed by atoms with Gasteiger partial charge in [-0.2, -0.15) is 5.10 Å². The summed E-state index contributed by atoms with van der Waals surface area (Å²) < 4.78 is 27.6. The molecule has 4 rings (SSSR count). The van der Waals surface area contributed by atoms with E-state index in [-0.39, 0.29) is 18.2 Å². The van der Waals surface area contributed by atoms with Crippen LogP contribution in [0.3, 0.4) is 0 Å². The van der Waals surface area contributed by atoms with Crippen LogP contribution in [-0.2, 0) is 22.9 Å². The lowest BCUT2D eigenvalue weighted by Crippen LogP contribution is -2.12. The number of rotatable bonds is 5. The lowest BCUT2D eigenvalue weighted by Gasteiger charge is -2.08. The van der Waals surface area contributed by atoms with Crippen LogP contribution < -0.4 is 0 Å². The van der Waals surface area contributed by atoms with Gasteiger partial charge in [0.05, 0.1) is 35.9 Å². The lowest BCUT2D eigenvalue weighted by atomic mass is 10.3. The number of hydrogen-bond donors (Lipinski definition) is 1. The number of halogens is 1. The molecule has 4 aromatic rings. The van der Waals surface area contributed by atoms with E-state index in [0.29, 0.717) is 33.8 Å². The molecule has 0 aliphatic carbocycles. The summed E-state index contributed by atoms with van der Waals surface area (Å²) in [5, 5.41) is 14.8. The molecule has 8 nitrogen and oxygen atoms in total. The Morgan fingerprint density at radius 1 is 1.22 bits per heavy atom. The van der Waals surface area contributed by atoms with Crippen molar-refractivity contribution in [3.8, 4) is 0 Å². The number of sulfone groups is 1. The predicted molar refractivity (Wildman–Crippen MR) is 102 cm³/mol. The van der Waals surface area contributed by atoms with Crippen molar-refractivity contribution in [3.05, 3.63) is 47.5 Å². The highest BCUT2D eigenvalue weighted by Crippen LogP contribution is 2.24. The molecule has 0 saturated heterocycles. The first-order valence-electron chi connectivity index (χ1n) is 8.14. The fourth-order valence-electron chi connectivity index (χ4n) is 3.14. The van der Waals surface area contributed by atoms with Crippen LogP contribution in [0.25, 0.3) is 21.9 Å². The maximum atomic E-state index is 12.1. The van der Waals surface area contributed by atoms with E-state index in [1.165, 1.54) is 6.20 Å². The van der Waals surface area contributed by atoms with Crippen molar-refractivity contribution < 1.29 is 13.5 Å². The number of aliphatic hydroxyl groups excluding tert-OH is 1. The van der Waals surface area contributed by atoms with Crippen molar-refractivity contribution in [1.82, 2.24) is 24.3 Å². The average molecular weight is 406 g/mol. The molecule has 0 atom stereocenters. The molecule has 10 heteroatoms. The van der Waals surface area contributed by atoms with Crippen molar-refractivity contribution in [3.63, 3.8) is 0 Å². The Morgan fingerprint density at radius 2 is 2.04 bits per heavy atom. The minimum absolute atomic E-state index is 0.00719. The number of hydrogen-bond acceptors (Lipinski definition) is 6. The van der Waals surface area contributed by atoms with Gasteiger partial charge in [0.2, 0.25) is 0 Å². The first-order chi connectivity index (χ1) is 12.9. The monoisotopic (exact) mass is 405 g/mol. The molecule has 0 bridgehead atoms. The van der Waals surface area contributed by atoms with Gasteiger partial charge in [0, 0.05) is 29.4 Å². The van der Waals surface area contributed by atoms with Crippen molar-refractivity contribution >= 4 is 43.4 Å². The number of fused-ring (bicyclic) bond motifs is 2.